The summed E-state index contributed by atoms with van der Waals surface area (Å²) in [6, 6.07) is 10.4. The highest BCUT2D eigenvalue weighted by molar-refractivity contribution is 5.89. The first kappa shape index (κ1) is 21.5. The number of hydrogen-bond donors (Lipinski definition) is 1. The molecule has 0 radical (unpaired) electrons. The van der Waals surface area contributed by atoms with Gasteiger partial charge in [-0.2, -0.15) is 4.98 Å². The number of carbonyl (C=O) groups excluding carboxylic acids is 1. The highest BCUT2D eigenvalue weighted by atomic mass is 16.6. The standard InChI is InChI=1S/C23H31N5O3/c1-16(2)20-15-31-23(29)28(20)21-8-9-24-22(26-21)25-17(3)19-6-4-18(5-7-19)14-27-10-12-30-13-11-27/h4-9,16-17,20H,10-15H2,1-3H3,(H,24,25,26)/t17-,20+/m0/s1. The van der Waals surface area contributed by atoms with E-state index in [1.54, 1.807) is 17.2 Å². The number of nitrogens with one attached hydrogen (secondary N) is 1. The van der Waals surface area contributed by atoms with Gasteiger partial charge < -0.3 is 14.8 Å². The van der Waals surface area contributed by atoms with Crippen LogP contribution in [0.3, 0.4) is 0 Å². The second-order valence-electron chi connectivity index (χ2n) is 8.49. The van der Waals surface area contributed by atoms with Crippen molar-refractivity contribution in [2.24, 2.45) is 5.92 Å². The first-order valence-corrected chi connectivity index (χ1v) is 11.0. The largest absolute Gasteiger partial charge is 0.447 e. The number of rotatable bonds is 7. The number of aromatic nitrogens is 2. The summed E-state index contributed by atoms with van der Waals surface area (Å²) < 4.78 is 10.7. The van der Waals surface area contributed by atoms with Crippen molar-refractivity contribution >= 4 is 17.9 Å². The fourth-order valence-electron chi connectivity index (χ4n) is 3.95. The molecule has 1 aromatic carbocycles. The third-order valence-electron chi connectivity index (χ3n) is 5.90. The minimum Gasteiger partial charge on any atom is -0.447 e. The van der Waals surface area contributed by atoms with E-state index in [1.807, 2.05) is 0 Å². The van der Waals surface area contributed by atoms with Crippen LogP contribution in [0.4, 0.5) is 16.6 Å². The maximum Gasteiger partial charge on any atom is 0.415 e. The lowest BCUT2D eigenvalue weighted by Gasteiger charge is -2.26. The summed E-state index contributed by atoms with van der Waals surface area (Å²) in [5, 5.41) is 3.35. The lowest BCUT2D eigenvalue weighted by Crippen LogP contribution is -2.37. The number of hydrogen-bond acceptors (Lipinski definition) is 7. The van der Waals surface area contributed by atoms with Crippen LogP contribution in [-0.2, 0) is 16.0 Å². The molecule has 0 saturated carbocycles. The average molecular weight is 426 g/mol. The number of carbonyl (C=O) groups is 1. The van der Waals surface area contributed by atoms with Crippen LogP contribution in [0.2, 0.25) is 0 Å². The highest BCUT2D eigenvalue weighted by Gasteiger charge is 2.37. The molecule has 2 atom stereocenters. The normalized spacial score (nSPS) is 20.7. The van der Waals surface area contributed by atoms with Crippen LogP contribution in [-0.4, -0.2) is 59.9 Å². The zero-order valence-corrected chi connectivity index (χ0v) is 18.5. The molecule has 0 bridgehead atoms. The minimum atomic E-state index is -0.354. The van der Waals surface area contributed by atoms with E-state index in [9.17, 15) is 4.79 Å². The molecule has 2 aliphatic heterocycles. The second-order valence-corrected chi connectivity index (χ2v) is 8.49. The zero-order valence-electron chi connectivity index (χ0n) is 18.5. The third-order valence-corrected chi connectivity index (χ3v) is 5.90. The van der Waals surface area contributed by atoms with Gasteiger partial charge in [0.25, 0.3) is 0 Å². The Hall–Kier alpha value is -2.71. The van der Waals surface area contributed by atoms with Crippen molar-refractivity contribution in [2.45, 2.75) is 39.4 Å². The molecule has 2 fully saturated rings. The number of anilines is 2. The Kier molecular flexibility index (Phi) is 6.67. The number of amides is 1. The molecule has 2 saturated heterocycles. The van der Waals surface area contributed by atoms with E-state index in [0.717, 1.165) is 38.4 Å². The maximum absolute atomic E-state index is 12.2. The Balaban J connectivity index is 1.41. The van der Waals surface area contributed by atoms with Crippen LogP contribution >= 0.6 is 0 Å². The summed E-state index contributed by atoms with van der Waals surface area (Å²) in [7, 11) is 0. The van der Waals surface area contributed by atoms with Crippen LogP contribution in [0.25, 0.3) is 0 Å². The number of nitrogens with zero attached hydrogens (tertiary/aromatic N) is 4. The lowest BCUT2D eigenvalue weighted by molar-refractivity contribution is 0.0342. The molecule has 0 aliphatic carbocycles. The molecule has 1 N–H and O–H groups in total. The molecule has 2 aliphatic rings. The summed E-state index contributed by atoms with van der Waals surface area (Å²) in [6.07, 6.45) is 1.32. The minimum absolute atomic E-state index is 0.0216. The van der Waals surface area contributed by atoms with Crippen LogP contribution in [0.1, 0.15) is 37.9 Å². The van der Waals surface area contributed by atoms with E-state index < -0.39 is 0 Å². The van der Waals surface area contributed by atoms with Crippen LogP contribution in [0, 0.1) is 5.92 Å². The molecule has 3 heterocycles. The predicted molar refractivity (Wildman–Crippen MR) is 119 cm³/mol. The Morgan fingerprint density at radius 3 is 2.58 bits per heavy atom. The Labute approximate surface area is 183 Å². The molecule has 0 spiro atoms. The summed E-state index contributed by atoms with van der Waals surface area (Å²) in [5.74, 6) is 1.32. The van der Waals surface area contributed by atoms with E-state index in [0.29, 0.717) is 18.4 Å². The predicted octanol–water partition coefficient (Wildman–Crippen LogP) is 3.46. The molecule has 31 heavy (non-hydrogen) atoms. The van der Waals surface area contributed by atoms with Crippen LogP contribution in [0.5, 0.6) is 0 Å². The molecular formula is C23H31N5O3. The molecule has 1 amide bonds. The molecule has 4 rings (SSSR count). The van der Waals surface area contributed by atoms with Gasteiger partial charge in [-0.1, -0.05) is 38.1 Å². The van der Waals surface area contributed by atoms with Gasteiger partial charge in [0.1, 0.15) is 12.4 Å². The third kappa shape index (κ3) is 5.14. The number of morpholine rings is 1. The quantitative estimate of drug-likeness (QED) is 0.728. The molecule has 1 aromatic heterocycles. The molecule has 8 nitrogen and oxygen atoms in total. The van der Waals surface area contributed by atoms with E-state index in [2.05, 4.69) is 65.2 Å². The second kappa shape index (κ2) is 9.62. The van der Waals surface area contributed by atoms with Crippen LogP contribution in [0.15, 0.2) is 36.5 Å². The van der Waals surface area contributed by atoms with Crippen molar-refractivity contribution in [3.8, 4) is 0 Å². The fourth-order valence-corrected chi connectivity index (χ4v) is 3.95. The van der Waals surface area contributed by atoms with Gasteiger partial charge in [-0.25, -0.2) is 9.78 Å². The number of cyclic esters (lactones) is 1. The van der Waals surface area contributed by atoms with Crippen molar-refractivity contribution in [2.75, 3.05) is 43.1 Å². The highest BCUT2D eigenvalue weighted by Crippen LogP contribution is 2.26. The van der Waals surface area contributed by atoms with Crippen molar-refractivity contribution < 1.29 is 14.3 Å². The number of ether oxygens (including phenoxy) is 2. The van der Waals surface area contributed by atoms with Gasteiger partial charge in [-0.05, 0) is 30.0 Å². The monoisotopic (exact) mass is 425 g/mol. The van der Waals surface area contributed by atoms with Gasteiger partial charge in [0.15, 0.2) is 0 Å². The van der Waals surface area contributed by atoms with Crippen molar-refractivity contribution in [3.05, 3.63) is 47.7 Å². The first-order chi connectivity index (χ1) is 15.0. The Morgan fingerprint density at radius 1 is 1.13 bits per heavy atom. The smallest absolute Gasteiger partial charge is 0.415 e. The summed E-state index contributed by atoms with van der Waals surface area (Å²) >= 11 is 0. The van der Waals surface area contributed by atoms with E-state index in [-0.39, 0.29) is 24.1 Å². The summed E-state index contributed by atoms with van der Waals surface area (Å²) in [5.41, 5.74) is 2.45. The topological polar surface area (TPSA) is 79.8 Å². The molecule has 8 heteroatoms. The first-order valence-electron chi connectivity index (χ1n) is 11.0. The molecular weight excluding hydrogens is 394 g/mol. The summed E-state index contributed by atoms with van der Waals surface area (Å²) in [4.78, 5) is 25.2. The maximum atomic E-state index is 12.2. The van der Waals surface area contributed by atoms with E-state index in [4.69, 9.17) is 9.47 Å². The Morgan fingerprint density at radius 2 is 1.87 bits per heavy atom. The molecule has 0 unspecified atom stereocenters. The SMILES string of the molecule is CC(C)[C@H]1COC(=O)N1c1ccnc(N[C@@H](C)c2ccc(CN3CCOCC3)cc2)n1. The average Bonchev–Trinajstić information content (AvgIpc) is 3.17. The van der Waals surface area contributed by atoms with Gasteiger partial charge in [0.2, 0.25) is 5.95 Å². The van der Waals surface area contributed by atoms with Crippen molar-refractivity contribution in [3.63, 3.8) is 0 Å². The van der Waals surface area contributed by atoms with Gasteiger partial charge in [0, 0.05) is 25.8 Å². The lowest BCUT2D eigenvalue weighted by atomic mass is 10.0. The fraction of sp³-hybridized carbons (Fsp3) is 0.522. The number of benzene rings is 1. The van der Waals surface area contributed by atoms with E-state index >= 15 is 0 Å². The van der Waals surface area contributed by atoms with Gasteiger partial charge in [0.05, 0.1) is 25.3 Å². The van der Waals surface area contributed by atoms with Gasteiger partial charge in [-0.15, -0.1) is 0 Å². The molecule has 166 valence electrons. The summed E-state index contributed by atoms with van der Waals surface area (Å²) in [6.45, 7) is 11.1. The van der Waals surface area contributed by atoms with Crippen molar-refractivity contribution in [1.82, 2.24) is 14.9 Å². The molecule has 2 aromatic rings. The van der Waals surface area contributed by atoms with Crippen molar-refractivity contribution in [1.29, 1.82) is 0 Å². The van der Waals surface area contributed by atoms with Crippen LogP contribution < -0.4 is 10.2 Å². The van der Waals surface area contributed by atoms with Gasteiger partial charge >= 0.3 is 6.09 Å². The Bertz CT molecular complexity index is 883. The van der Waals surface area contributed by atoms with E-state index in [1.165, 1.54) is 5.56 Å². The van der Waals surface area contributed by atoms with Gasteiger partial charge in [-0.3, -0.25) is 9.80 Å². The zero-order chi connectivity index (χ0) is 21.8.